The fourth-order valence-corrected chi connectivity index (χ4v) is 2.65. The number of rotatable bonds is 6. The van der Waals surface area contributed by atoms with Gasteiger partial charge in [0.25, 0.3) is 5.91 Å². The molecule has 0 spiro atoms. The summed E-state index contributed by atoms with van der Waals surface area (Å²) in [6, 6.07) is 0. The monoisotopic (exact) mass is 273 g/mol. The van der Waals surface area contributed by atoms with Crippen LogP contribution in [0.2, 0.25) is 0 Å². The fraction of sp³-hybridized carbons (Fsp3) is 0.727. The number of halogens is 1. The molecule has 1 aliphatic rings. The van der Waals surface area contributed by atoms with Crippen LogP contribution < -0.4 is 5.32 Å². The topological polar surface area (TPSA) is 54.9 Å². The van der Waals surface area contributed by atoms with Gasteiger partial charge >= 0.3 is 0 Å². The minimum atomic E-state index is -0.0557. The van der Waals surface area contributed by atoms with Gasteiger partial charge in [0.15, 0.2) is 0 Å². The van der Waals surface area contributed by atoms with E-state index in [-0.39, 0.29) is 11.3 Å². The first kappa shape index (κ1) is 12.8. The van der Waals surface area contributed by atoms with E-state index in [2.05, 4.69) is 21.8 Å². The Labute approximate surface area is 110 Å². The minimum Gasteiger partial charge on any atom is -0.351 e. The summed E-state index contributed by atoms with van der Waals surface area (Å²) in [5, 5.41) is 6.93. The smallest absolute Gasteiger partial charge is 0.264 e. The van der Waals surface area contributed by atoms with E-state index in [0.717, 1.165) is 31.4 Å². The van der Waals surface area contributed by atoms with Gasteiger partial charge in [-0.25, -0.2) is 0 Å². The van der Waals surface area contributed by atoms with Gasteiger partial charge in [-0.3, -0.25) is 4.79 Å². The van der Waals surface area contributed by atoms with E-state index in [4.69, 9.17) is 11.6 Å². The molecule has 0 aliphatic heterocycles. The Hall–Kier alpha value is -0.680. The summed E-state index contributed by atoms with van der Waals surface area (Å²) in [5.74, 6) is 0.565. The summed E-state index contributed by atoms with van der Waals surface area (Å²) in [6.45, 7) is 2.73. The van der Waals surface area contributed by atoms with Gasteiger partial charge < -0.3 is 5.32 Å². The van der Waals surface area contributed by atoms with Crippen LogP contribution in [0.25, 0.3) is 0 Å². The molecule has 1 amide bonds. The molecule has 17 heavy (non-hydrogen) atoms. The molecule has 1 aliphatic carbocycles. The third-order valence-electron chi connectivity index (χ3n) is 3.11. The lowest BCUT2D eigenvalue weighted by atomic mass is 10.1. The van der Waals surface area contributed by atoms with Crippen LogP contribution >= 0.6 is 23.1 Å². The van der Waals surface area contributed by atoms with Crippen molar-refractivity contribution in [1.29, 1.82) is 0 Å². The quantitative estimate of drug-likeness (QED) is 0.809. The largest absolute Gasteiger partial charge is 0.351 e. The molecule has 0 bridgehead atoms. The summed E-state index contributed by atoms with van der Waals surface area (Å²) in [7, 11) is 0. The first-order valence-corrected chi connectivity index (χ1v) is 7.17. The molecule has 0 aromatic carbocycles. The van der Waals surface area contributed by atoms with Crippen LogP contribution in [0.4, 0.5) is 0 Å². The van der Waals surface area contributed by atoms with Crippen LogP contribution in [0.5, 0.6) is 0 Å². The van der Waals surface area contributed by atoms with Gasteiger partial charge in [0.1, 0.15) is 4.88 Å². The third kappa shape index (κ3) is 2.96. The van der Waals surface area contributed by atoms with Crippen molar-refractivity contribution in [2.45, 2.75) is 32.6 Å². The van der Waals surface area contributed by atoms with E-state index in [0.29, 0.717) is 17.3 Å². The highest BCUT2D eigenvalue weighted by atomic mass is 35.5. The van der Waals surface area contributed by atoms with Crippen molar-refractivity contribution >= 4 is 29.0 Å². The molecule has 1 heterocycles. The maximum Gasteiger partial charge on any atom is 0.264 e. The van der Waals surface area contributed by atoms with Crippen molar-refractivity contribution in [3.8, 4) is 0 Å². The Morgan fingerprint density at radius 2 is 2.35 bits per heavy atom. The standard InChI is InChI=1S/C11H16ClN3OS/c1-2-3-8-9(17-15-14-8)10(16)13-7-11(6-12)4-5-11/h2-7H2,1H3,(H,13,16). The fourth-order valence-electron chi connectivity index (χ4n) is 1.66. The minimum absolute atomic E-state index is 0.0557. The second-order valence-electron chi connectivity index (χ2n) is 4.62. The summed E-state index contributed by atoms with van der Waals surface area (Å²) in [6.07, 6.45) is 4.00. The summed E-state index contributed by atoms with van der Waals surface area (Å²) >= 11 is 7.04. The number of nitrogens with zero attached hydrogens (tertiary/aromatic N) is 2. The van der Waals surface area contributed by atoms with E-state index in [1.165, 1.54) is 11.5 Å². The number of aromatic nitrogens is 2. The average Bonchev–Trinajstić information content (AvgIpc) is 2.98. The van der Waals surface area contributed by atoms with Crippen LogP contribution in [0.3, 0.4) is 0 Å². The predicted molar refractivity (Wildman–Crippen MR) is 68.6 cm³/mol. The normalized spacial score (nSPS) is 16.8. The molecule has 0 saturated heterocycles. The summed E-state index contributed by atoms with van der Waals surface area (Å²) in [5.41, 5.74) is 0.964. The first-order chi connectivity index (χ1) is 8.21. The Morgan fingerprint density at radius 1 is 1.59 bits per heavy atom. The molecular formula is C11H16ClN3OS. The van der Waals surface area contributed by atoms with Gasteiger partial charge in [0.05, 0.1) is 5.69 Å². The van der Waals surface area contributed by atoms with Crippen molar-refractivity contribution in [1.82, 2.24) is 14.9 Å². The summed E-state index contributed by atoms with van der Waals surface area (Å²) in [4.78, 5) is 12.6. The Bertz CT molecular complexity index is 403. The number of carbonyl (C=O) groups is 1. The molecule has 0 radical (unpaired) electrons. The lowest BCUT2D eigenvalue weighted by Crippen LogP contribution is -2.31. The van der Waals surface area contributed by atoms with E-state index in [1.807, 2.05) is 0 Å². The predicted octanol–water partition coefficient (Wildman–Crippen LogP) is 2.24. The molecule has 1 fully saturated rings. The lowest BCUT2D eigenvalue weighted by molar-refractivity contribution is 0.0949. The zero-order valence-electron chi connectivity index (χ0n) is 9.83. The van der Waals surface area contributed by atoms with E-state index in [9.17, 15) is 4.79 Å². The number of hydrogen-bond acceptors (Lipinski definition) is 4. The van der Waals surface area contributed by atoms with Crippen LogP contribution in [0.1, 0.15) is 41.6 Å². The lowest BCUT2D eigenvalue weighted by Gasteiger charge is -2.11. The highest BCUT2D eigenvalue weighted by molar-refractivity contribution is 7.08. The number of amides is 1. The molecular weight excluding hydrogens is 258 g/mol. The molecule has 1 aromatic heterocycles. The highest BCUT2D eigenvalue weighted by Gasteiger charge is 2.42. The molecule has 1 aromatic rings. The van der Waals surface area contributed by atoms with Gasteiger partial charge in [-0.05, 0) is 30.8 Å². The van der Waals surface area contributed by atoms with Crippen molar-refractivity contribution in [2.75, 3.05) is 12.4 Å². The second-order valence-corrected chi connectivity index (χ2v) is 5.64. The number of hydrogen-bond donors (Lipinski definition) is 1. The maximum absolute atomic E-state index is 12.0. The molecule has 1 saturated carbocycles. The van der Waals surface area contributed by atoms with Gasteiger partial charge in [0.2, 0.25) is 0 Å². The van der Waals surface area contributed by atoms with E-state index < -0.39 is 0 Å². The van der Waals surface area contributed by atoms with E-state index >= 15 is 0 Å². The number of carbonyl (C=O) groups excluding carboxylic acids is 1. The molecule has 6 heteroatoms. The maximum atomic E-state index is 12.0. The third-order valence-corrected chi connectivity index (χ3v) is 4.45. The van der Waals surface area contributed by atoms with Gasteiger partial charge in [-0.1, -0.05) is 17.8 Å². The van der Waals surface area contributed by atoms with Gasteiger partial charge in [-0.15, -0.1) is 16.7 Å². The van der Waals surface area contributed by atoms with Crippen LogP contribution in [-0.2, 0) is 6.42 Å². The van der Waals surface area contributed by atoms with Gasteiger partial charge in [0, 0.05) is 17.8 Å². The zero-order valence-corrected chi connectivity index (χ0v) is 11.4. The Kier molecular flexibility index (Phi) is 3.99. The van der Waals surface area contributed by atoms with Crippen molar-refractivity contribution in [3.05, 3.63) is 10.6 Å². The average molecular weight is 274 g/mol. The number of alkyl halides is 1. The van der Waals surface area contributed by atoms with Crippen LogP contribution in [-0.4, -0.2) is 27.9 Å². The SMILES string of the molecule is CCCc1nnsc1C(=O)NCC1(CCl)CC1. The molecule has 94 valence electrons. The molecule has 0 atom stereocenters. The molecule has 4 nitrogen and oxygen atoms in total. The van der Waals surface area contributed by atoms with Crippen molar-refractivity contribution in [2.24, 2.45) is 5.41 Å². The second kappa shape index (κ2) is 5.31. The highest BCUT2D eigenvalue weighted by Crippen LogP contribution is 2.45. The molecule has 0 unspecified atom stereocenters. The molecule has 1 N–H and O–H groups in total. The summed E-state index contributed by atoms with van der Waals surface area (Å²) < 4.78 is 3.85. The van der Waals surface area contributed by atoms with Crippen molar-refractivity contribution in [3.63, 3.8) is 0 Å². The number of aryl methyl sites for hydroxylation is 1. The number of nitrogens with one attached hydrogen (secondary N) is 1. The first-order valence-electron chi connectivity index (χ1n) is 5.86. The van der Waals surface area contributed by atoms with Crippen LogP contribution in [0, 0.1) is 5.41 Å². The van der Waals surface area contributed by atoms with Crippen molar-refractivity contribution < 1.29 is 4.79 Å². The zero-order chi connectivity index (χ0) is 12.3. The van der Waals surface area contributed by atoms with Gasteiger partial charge in [-0.2, -0.15) is 0 Å². The Morgan fingerprint density at radius 3 is 2.94 bits per heavy atom. The molecule has 2 rings (SSSR count). The van der Waals surface area contributed by atoms with Crippen LogP contribution in [0.15, 0.2) is 0 Å². The Balaban J connectivity index is 1.92. The van der Waals surface area contributed by atoms with E-state index in [1.54, 1.807) is 0 Å².